The Kier molecular flexibility index (Phi) is 5.89. The van der Waals surface area contributed by atoms with Gasteiger partial charge in [0.15, 0.2) is 0 Å². The molecule has 2 heterocycles. The molecule has 0 bridgehead atoms. The quantitative estimate of drug-likeness (QED) is 0.743. The van der Waals surface area contributed by atoms with E-state index in [0.29, 0.717) is 18.3 Å². The fourth-order valence-electron chi connectivity index (χ4n) is 2.93. The van der Waals surface area contributed by atoms with Crippen molar-refractivity contribution in [3.05, 3.63) is 0 Å². The molecule has 2 aliphatic heterocycles. The third-order valence-electron chi connectivity index (χ3n) is 3.87. The van der Waals surface area contributed by atoms with Crippen molar-refractivity contribution in [1.82, 2.24) is 10.2 Å². The third-order valence-corrected chi connectivity index (χ3v) is 3.87. The highest BCUT2D eigenvalue weighted by atomic mass is 16.5. The summed E-state index contributed by atoms with van der Waals surface area (Å²) in [6.45, 7) is 7.22. The lowest BCUT2D eigenvalue weighted by atomic mass is 10.2. The standard InChI is InChI=1S/C14H28N2O2/c1-3-15-9-12-6-7-14(18-12)11-16(2)10-13-5-4-8-17-13/h12-15H,3-11H2,1-2H3. The van der Waals surface area contributed by atoms with E-state index in [-0.39, 0.29) is 0 Å². The van der Waals surface area contributed by atoms with Gasteiger partial charge in [0.05, 0.1) is 18.3 Å². The maximum absolute atomic E-state index is 6.05. The number of hydrogen-bond acceptors (Lipinski definition) is 4. The van der Waals surface area contributed by atoms with Gasteiger partial charge in [-0.2, -0.15) is 0 Å². The lowest BCUT2D eigenvalue weighted by Crippen LogP contribution is -2.35. The summed E-state index contributed by atoms with van der Waals surface area (Å²) >= 11 is 0. The molecule has 0 aromatic heterocycles. The van der Waals surface area contributed by atoms with Crippen molar-refractivity contribution >= 4 is 0 Å². The molecule has 0 amide bonds. The zero-order valence-electron chi connectivity index (χ0n) is 11.9. The minimum atomic E-state index is 0.417. The highest BCUT2D eigenvalue weighted by molar-refractivity contribution is 4.78. The van der Waals surface area contributed by atoms with Crippen molar-refractivity contribution in [3.8, 4) is 0 Å². The first-order valence-electron chi connectivity index (χ1n) is 7.44. The normalized spacial score (nSPS) is 32.5. The zero-order chi connectivity index (χ0) is 12.8. The molecule has 2 rings (SSSR count). The van der Waals surface area contributed by atoms with Crippen LogP contribution in [0.4, 0.5) is 0 Å². The smallest absolute Gasteiger partial charge is 0.0707 e. The molecule has 0 spiro atoms. The summed E-state index contributed by atoms with van der Waals surface area (Å²) in [7, 11) is 2.18. The van der Waals surface area contributed by atoms with Crippen LogP contribution < -0.4 is 5.32 Å². The van der Waals surface area contributed by atoms with Crippen LogP contribution in [0, 0.1) is 0 Å². The number of likely N-dealkylation sites (N-methyl/N-ethyl adjacent to an activating group) is 2. The first-order valence-corrected chi connectivity index (χ1v) is 7.44. The van der Waals surface area contributed by atoms with Crippen molar-refractivity contribution in [2.45, 2.75) is 50.9 Å². The Balaban J connectivity index is 1.61. The summed E-state index contributed by atoms with van der Waals surface area (Å²) in [6, 6.07) is 0. The first-order chi connectivity index (χ1) is 8.78. The van der Waals surface area contributed by atoms with Crippen LogP contribution in [0.2, 0.25) is 0 Å². The van der Waals surface area contributed by atoms with Crippen LogP contribution in [0.1, 0.15) is 32.6 Å². The fraction of sp³-hybridized carbons (Fsp3) is 1.00. The molecule has 0 aromatic rings. The molecular weight excluding hydrogens is 228 g/mol. The van der Waals surface area contributed by atoms with E-state index in [9.17, 15) is 0 Å². The van der Waals surface area contributed by atoms with Crippen molar-refractivity contribution < 1.29 is 9.47 Å². The van der Waals surface area contributed by atoms with Gasteiger partial charge in [0, 0.05) is 26.2 Å². The van der Waals surface area contributed by atoms with Gasteiger partial charge in [-0.3, -0.25) is 0 Å². The first kappa shape index (κ1) is 14.3. The molecule has 3 unspecified atom stereocenters. The van der Waals surface area contributed by atoms with Gasteiger partial charge in [-0.25, -0.2) is 0 Å². The van der Waals surface area contributed by atoms with Crippen molar-refractivity contribution in [2.75, 3.05) is 39.8 Å². The molecule has 0 saturated carbocycles. The molecule has 2 fully saturated rings. The van der Waals surface area contributed by atoms with Crippen LogP contribution >= 0.6 is 0 Å². The predicted molar refractivity (Wildman–Crippen MR) is 72.9 cm³/mol. The Morgan fingerprint density at radius 2 is 1.89 bits per heavy atom. The van der Waals surface area contributed by atoms with E-state index in [1.54, 1.807) is 0 Å². The van der Waals surface area contributed by atoms with E-state index < -0.39 is 0 Å². The molecule has 106 valence electrons. The maximum atomic E-state index is 6.05. The fourth-order valence-corrected chi connectivity index (χ4v) is 2.93. The molecule has 2 saturated heterocycles. The second-order valence-corrected chi connectivity index (χ2v) is 5.62. The average molecular weight is 256 g/mol. The Bertz CT molecular complexity index is 232. The van der Waals surface area contributed by atoms with Gasteiger partial charge in [-0.15, -0.1) is 0 Å². The van der Waals surface area contributed by atoms with E-state index in [1.165, 1.54) is 25.7 Å². The number of rotatable bonds is 7. The minimum Gasteiger partial charge on any atom is -0.377 e. The van der Waals surface area contributed by atoms with Crippen LogP contribution in [0.15, 0.2) is 0 Å². The molecule has 0 aliphatic carbocycles. The van der Waals surface area contributed by atoms with Gasteiger partial charge < -0.3 is 19.7 Å². The highest BCUT2D eigenvalue weighted by Gasteiger charge is 2.26. The summed E-state index contributed by atoms with van der Waals surface area (Å²) in [5.74, 6) is 0. The maximum Gasteiger partial charge on any atom is 0.0707 e. The molecule has 0 radical (unpaired) electrons. The number of hydrogen-bond donors (Lipinski definition) is 1. The number of nitrogens with zero attached hydrogens (tertiary/aromatic N) is 1. The topological polar surface area (TPSA) is 33.7 Å². The Morgan fingerprint density at radius 1 is 1.11 bits per heavy atom. The van der Waals surface area contributed by atoms with Crippen LogP contribution in [-0.2, 0) is 9.47 Å². The summed E-state index contributed by atoms with van der Waals surface area (Å²) in [5.41, 5.74) is 0. The van der Waals surface area contributed by atoms with Crippen molar-refractivity contribution in [3.63, 3.8) is 0 Å². The Labute approximate surface area is 111 Å². The summed E-state index contributed by atoms with van der Waals surface area (Å²) in [5, 5.41) is 3.36. The minimum absolute atomic E-state index is 0.417. The largest absolute Gasteiger partial charge is 0.377 e. The molecule has 4 heteroatoms. The highest BCUT2D eigenvalue weighted by Crippen LogP contribution is 2.20. The van der Waals surface area contributed by atoms with E-state index in [4.69, 9.17) is 9.47 Å². The summed E-state index contributed by atoms with van der Waals surface area (Å²) < 4.78 is 11.7. The summed E-state index contributed by atoms with van der Waals surface area (Å²) in [6.07, 6.45) is 6.14. The van der Waals surface area contributed by atoms with Crippen LogP contribution in [0.3, 0.4) is 0 Å². The van der Waals surface area contributed by atoms with Crippen molar-refractivity contribution in [2.24, 2.45) is 0 Å². The van der Waals surface area contributed by atoms with Crippen LogP contribution in [0.25, 0.3) is 0 Å². The third kappa shape index (κ3) is 4.50. The molecule has 0 aromatic carbocycles. The van der Waals surface area contributed by atoms with Gasteiger partial charge in [-0.1, -0.05) is 6.92 Å². The van der Waals surface area contributed by atoms with Gasteiger partial charge >= 0.3 is 0 Å². The molecule has 1 N–H and O–H groups in total. The molecule has 4 nitrogen and oxygen atoms in total. The van der Waals surface area contributed by atoms with Crippen LogP contribution in [-0.4, -0.2) is 63.0 Å². The second kappa shape index (κ2) is 7.43. The van der Waals surface area contributed by atoms with E-state index >= 15 is 0 Å². The van der Waals surface area contributed by atoms with E-state index in [0.717, 1.165) is 32.8 Å². The number of nitrogens with one attached hydrogen (secondary N) is 1. The SMILES string of the molecule is CCNCC1CCC(CN(C)CC2CCCO2)O1. The molecule has 18 heavy (non-hydrogen) atoms. The van der Waals surface area contributed by atoms with Gasteiger partial charge in [0.1, 0.15) is 0 Å². The lowest BCUT2D eigenvalue weighted by Gasteiger charge is -2.23. The number of ether oxygens (including phenoxy) is 2. The Hall–Kier alpha value is -0.160. The van der Waals surface area contributed by atoms with Gasteiger partial charge in [0.2, 0.25) is 0 Å². The molecule has 2 aliphatic rings. The van der Waals surface area contributed by atoms with Gasteiger partial charge in [-0.05, 0) is 39.3 Å². The lowest BCUT2D eigenvalue weighted by molar-refractivity contribution is 0.0159. The summed E-state index contributed by atoms with van der Waals surface area (Å²) in [4.78, 5) is 2.37. The van der Waals surface area contributed by atoms with Gasteiger partial charge in [0.25, 0.3) is 0 Å². The van der Waals surface area contributed by atoms with E-state index in [1.807, 2.05) is 0 Å². The molecular formula is C14H28N2O2. The second-order valence-electron chi connectivity index (χ2n) is 5.62. The predicted octanol–water partition coefficient (Wildman–Crippen LogP) is 1.25. The van der Waals surface area contributed by atoms with Crippen molar-refractivity contribution in [1.29, 1.82) is 0 Å². The van der Waals surface area contributed by atoms with E-state index in [2.05, 4.69) is 24.2 Å². The Morgan fingerprint density at radius 3 is 2.61 bits per heavy atom. The monoisotopic (exact) mass is 256 g/mol. The molecule has 3 atom stereocenters. The van der Waals surface area contributed by atoms with Crippen LogP contribution in [0.5, 0.6) is 0 Å². The zero-order valence-corrected chi connectivity index (χ0v) is 11.9. The average Bonchev–Trinajstić information content (AvgIpc) is 2.98.